The minimum atomic E-state index is -2.21. The first-order valence-electron chi connectivity index (χ1n) is 8.49. The van der Waals surface area contributed by atoms with Crippen LogP contribution in [0.1, 0.15) is 21.9 Å². The highest BCUT2D eigenvalue weighted by Crippen LogP contribution is 2.30. The Bertz CT molecular complexity index is 1120. The number of nitrogens with zero attached hydrogens (tertiary/aromatic N) is 3. The summed E-state index contributed by atoms with van der Waals surface area (Å²) in [6.07, 6.45) is 3.04. The molecule has 0 bridgehead atoms. The lowest BCUT2D eigenvalue weighted by atomic mass is 9.99. The predicted molar refractivity (Wildman–Crippen MR) is 96.1 cm³/mol. The van der Waals surface area contributed by atoms with Crippen LogP contribution in [-0.4, -0.2) is 43.3 Å². The van der Waals surface area contributed by atoms with Crippen molar-refractivity contribution in [2.24, 2.45) is 7.05 Å². The molecule has 0 amide bonds. The molecule has 3 aromatic rings. The fourth-order valence-corrected chi connectivity index (χ4v) is 3.14. The number of fused-ring (bicyclic) bond motifs is 1. The van der Waals surface area contributed by atoms with Crippen LogP contribution in [0.2, 0.25) is 0 Å². The number of ketones is 1. The van der Waals surface area contributed by atoms with Gasteiger partial charge in [-0.2, -0.15) is 5.10 Å². The van der Waals surface area contributed by atoms with Crippen LogP contribution in [0, 0.1) is 6.92 Å². The van der Waals surface area contributed by atoms with E-state index in [0.717, 1.165) is 12.2 Å². The normalized spacial score (nSPS) is 15.9. The van der Waals surface area contributed by atoms with E-state index in [2.05, 4.69) is 15.1 Å². The Kier molecular flexibility index (Phi) is 4.07. The molecule has 0 saturated heterocycles. The van der Waals surface area contributed by atoms with Crippen molar-refractivity contribution in [2.75, 3.05) is 0 Å². The predicted octanol–water partition coefficient (Wildman–Crippen LogP) is 1.38. The number of imidazole rings is 1. The summed E-state index contributed by atoms with van der Waals surface area (Å²) in [5.74, 6) is -4.69. The van der Waals surface area contributed by atoms with Crippen molar-refractivity contribution < 1.29 is 23.9 Å². The van der Waals surface area contributed by atoms with E-state index < -0.39 is 23.5 Å². The number of aromatic nitrogens is 4. The van der Waals surface area contributed by atoms with Crippen molar-refractivity contribution in [1.29, 1.82) is 0 Å². The van der Waals surface area contributed by atoms with Crippen molar-refractivity contribution in [3.63, 3.8) is 0 Å². The molecule has 142 valence electrons. The highest BCUT2D eigenvalue weighted by molar-refractivity contribution is 6.11. The molecule has 4 rings (SSSR count). The molecule has 9 nitrogen and oxygen atoms in total. The van der Waals surface area contributed by atoms with Crippen molar-refractivity contribution in [2.45, 2.75) is 19.1 Å². The number of cyclic esters (lactones) is 2. The summed E-state index contributed by atoms with van der Waals surface area (Å²) in [4.78, 5) is 44.8. The van der Waals surface area contributed by atoms with Crippen LogP contribution in [0.15, 0.2) is 42.7 Å². The smallest absolute Gasteiger partial charge is 0.334 e. The Labute approximate surface area is 159 Å². The van der Waals surface area contributed by atoms with Crippen LogP contribution >= 0.6 is 0 Å². The zero-order valence-corrected chi connectivity index (χ0v) is 15.1. The Morgan fingerprint density at radius 2 is 1.86 bits per heavy atom. The van der Waals surface area contributed by atoms with Gasteiger partial charge in [-0.1, -0.05) is 18.2 Å². The number of carbonyl (C=O) groups excluding carboxylic acids is 3. The Morgan fingerprint density at radius 1 is 1.18 bits per heavy atom. The molecule has 28 heavy (non-hydrogen) atoms. The van der Waals surface area contributed by atoms with Gasteiger partial charge in [0.2, 0.25) is 0 Å². The van der Waals surface area contributed by atoms with Crippen LogP contribution in [0.25, 0.3) is 10.9 Å². The average molecular weight is 380 g/mol. The third-order valence-corrected chi connectivity index (χ3v) is 4.54. The first kappa shape index (κ1) is 17.7. The average Bonchev–Trinajstić information content (AvgIpc) is 3.18. The second-order valence-electron chi connectivity index (χ2n) is 6.40. The fourth-order valence-electron chi connectivity index (χ4n) is 3.14. The van der Waals surface area contributed by atoms with E-state index in [1.807, 2.05) is 6.07 Å². The topological polar surface area (TPSA) is 116 Å². The highest BCUT2D eigenvalue weighted by atomic mass is 16.7. The SMILES string of the molecule is Cc1[nH]cnc1CC1(C(=O)c2nn(C)c3ccccc23)OC(=O)C=CC(=O)O1. The van der Waals surface area contributed by atoms with Crippen molar-refractivity contribution in [3.05, 3.63) is 59.8 Å². The summed E-state index contributed by atoms with van der Waals surface area (Å²) in [7, 11) is 1.69. The number of H-pyrrole nitrogens is 1. The van der Waals surface area contributed by atoms with E-state index in [1.165, 1.54) is 11.0 Å². The zero-order chi connectivity index (χ0) is 19.9. The van der Waals surface area contributed by atoms with E-state index in [-0.39, 0.29) is 12.1 Å². The third kappa shape index (κ3) is 2.86. The number of carbonyl (C=O) groups is 3. The molecule has 3 heterocycles. The Morgan fingerprint density at radius 3 is 2.50 bits per heavy atom. The summed E-state index contributed by atoms with van der Waals surface area (Å²) < 4.78 is 12.2. The molecular formula is C19H16N4O5. The number of para-hydroxylation sites is 1. The molecule has 0 saturated carbocycles. The maximum atomic E-state index is 13.5. The monoisotopic (exact) mass is 380 g/mol. The minimum absolute atomic E-state index is 0.0359. The van der Waals surface area contributed by atoms with Crippen molar-refractivity contribution in [3.8, 4) is 0 Å². The van der Waals surface area contributed by atoms with Gasteiger partial charge >= 0.3 is 17.7 Å². The van der Waals surface area contributed by atoms with Crippen molar-refractivity contribution >= 4 is 28.6 Å². The number of Topliss-reactive ketones (excluding diaryl/α,β-unsaturated/α-hetero) is 1. The van der Waals surface area contributed by atoms with Gasteiger partial charge in [-0.05, 0) is 13.0 Å². The van der Waals surface area contributed by atoms with Crippen LogP contribution in [0.3, 0.4) is 0 Å². The number of hydrogen-bond donors (Lipinski definition) is 1. The number of esters is 2. The van der Waals surface area contributed by atoms with Gasteiger partial charge in [-0.15, -0.1) is 0 Å². The van der Waals surface area contributed by atoms with E-state index in [0.29, 0.717) is 22.3 Å². The molecule has 0 radical (unpaired) electrons. The molecule has 9 heteroatoms. The first-order chi connectivity index (χ1) is 13.4. The molecule has 1 aromatic carbocycles. The Balaban J connectivity index is 1.87. The summed E-state index contributed by atoms with van der Waals surface area (Å²) in [6.45, 7) is 1.75. The summed E-state index contributed by atoms with van der Waals surface area (Å²) >= 11 is 0. The second kappa shape index (κ2) is 6.45. The Hall–Kier alpha value is -3.75. The third-order valence-electron chi connectivity index (χ3n) is 4.54. The van der Waals surface area contributed by atoms with Gasteiger partial charge in [-0.25, -0.2) is 14.6 Å². The minimum Gasteiger partial charge on any atom is -0.411 e. The van der Waals surface area contributed by atoms with Gasteiger partial charge in [0.1, 0.15) is 5.69 Å². The van der Waals surface area contributed by atoms with Crippen LogP contribution in [-0.2, 0) is 32.5 Å². The van der Waals surface area contributed by atoms with Gasteiger partial charge < -0.3 is 14.5 Å². The fraction of sp³-hybridized carbons (Fsp3) is 0.211. The first-order valence-corrected chi connectivity index (χ1v) is 8.49. The number of rotatable bonds is 4. The summed E-state index contributed by atoms with van der Waals surface area (Å²) in [6, 6.07) is 7.10. The second-order valence-corrected chi connectivity index (χ2v) is 6.40. The van der Waals surface area contributed by atoms with Gasteiger partial charge in [0.05, 0.1) is 24.0 Å². The maximum absolute atomic E-state index is 13.5. The number of ether oxygens (including phenoxy) is 2. The quantitative estimate of drug-likeness (QED) is 0.537. The zero-order valence-electron chi connectivity index (χ0n) is 15.1. The molecule has 0 aliphatic carbocycles. The highest BCUT2D eigenvalue weighted by Gasteiger charge is 2.50. The molecule has 0 unspecified atom stereocenters. The van der Waals surface area contributed by atoms with Gasteiger partial charge in [0.25, 0.3) is 5.78 Å². The summed E-state index contributed by atoms with van der Waals surface area (Å²) in [5, 5.41) is 4.83. The van der Waals surface area contributed by atoms with Gasteiger partial charge in [0, 0.05) is 30.3 Å². The molecule has 0 spiro atoms. The van der Waals surface area contributed by atoms with E-state index in [1.54, 1.807) is 32.2 Å². The molecule has 1 N–H and O–H groups in total. The maximum Gasteiger partial charge on any atom is 0.334 e. The van der Waals surface area contributed by atoms with Crippen LogP contribution < -0.4 is 0 Å². The molecule has 2 aromatic heterocycles. The largest absolute Gasteiger partial charge is 0.411 e. The molecular weight excluding hydrogens is 364 g/mol. The number of nitrogens with one attached hydrogen (secondary N) is 1. The molecule has 0 atom stereocenters. The molecule has 0 fully saturated rings. The number of aromatic amines is 1. The van der Waals surface area contributed by atoms with E-state index in [4.69, 9.17) is 9.47 Å². The standard InChI is InChI=1S/C19H16N4O5/c1-11-13(21-10-20-11)9-19(27-15(24)7-8-16(25)28-19)18(26)17-12-5-3-4-6-14(12)23(2)22-17/h3-8,10H,9H2,1-2H3,(H,20,21). The molecule has 1 aliphatic heterocycles. The van der Waals surface area contributed by atoms with E-state index >= 15 is 0 Å². The van der Waals surface area contributed by atoms with E-state index in [9.17, 15) is 14.4 Å². The van der Waals surface area contributed by atoms with Gasteiger partial charge in [0.15, 0.2) is 0 Å². The van der Waals surface area contributed by atoms with Crippen LogP contribution in [0.5, 0.6) is 0 Å². The van der Waals surface area contributed by atoms with Crippen LogP contribution in [0.4, 0.5) is 0 Å². The molecule has 1 aliphatic rings. The lowest BCUT2D eigenvalue weighted by molar-refractivity contribution is -0.201. The number of benzene rings is 1. The summed E-state index contributed by atoms with van der Waals surface area (Å²) in [5.41, 5.74) is 1.83. The van der Waals surface area contributed by atoms with Gasteiger partial charge in [-0.3, -0.25) is 9.48 Å². The lowest BCUT2D eigenvalue weighted by Gasteiger charge is -2.28. The number of hydrogen-bond acceptors (Lipinski definition) is 7. The van der Waals surface area contributed by atoms with Crippen molar-refractivity contribution in [1.82, 2.24) is 19.7 Å². The number of aryl methyl sites for hydroxylation is 2. The lowest BCUT2D eigenvalue weighted by Crippen LogP contribution is -2.48.